The van der Waals surface area contributed by atoms with Crippen molar-refractivity contribution in [3.8, 4) is 0 Å². The molecule has 0 aliphatic rings. The van der Waals surface area contributed by atoms with Crippen molar-refractivity contribution < 1.29 is 9.59 Å². The van der Waals surface area contributed by atoms with E-state index in [-0.39, 0.29) is 29.4 Å². The Labute approximate surface area is 160 Å². The number of nitrogens with one attached hydrogen (secondary N) is 1. The van der Waals surface area contributed by atoms with Gasteiger partial charge in [0.1, 0.15) is 0 Å². The second-order valence-electron chi connectivity index (χ2n) is 6.55. The Morgan fingerprint density at radius 1 is 1.07 bits per heavy atom. The number of nitrogens with zero attached hydrogens (tertiary/aromatic N) is 4. The molecule has 2 aromatic heterocycles. The van der Waals surface area contributed by atoms with E-state index in [9.17, 15) is 19.2 Å². The van der Waals surface area contributed by atoms with E-state index in [2.05, 4.69) is 10.3 Å². The molecule has 1 amide bonds. The minimum atomic E-state index is -0.502. The fourth-order valence-electron chi connectivity index (χ4n) is 2.95. The van der Waals surface area contributed by atoms with Gasteiger partial charge in [0.05, 0.1) is 12.9 Å². The third-order valence-corrected chi connectivity index (χ3v) is 4.50. The average Bonchev–Trinajstić information content (AvgIpc) is 3.09. The van der Waals surface area contributed by atoms with E-state index in [1.54, 1.807) is 24.3 Å². The average molecular weight is 383 g/mol. The van der Waals surface area contributed by atoms with E-state index in [1.807, 2.05) is 6.92 Å². The third-order valence-electron chi connectivity index (χ3n) is 4.50. The van der Waals surface area contributed by atoms with E-state index in [0.29, 0.717) is 17.7 Å². The van der Waals surface area contributed by atoms with Crippen LogP contribution in [0.25, 0.3) is 11.2 Å². The molecule has 0 fully saturated rings. The van der Waals surface area contributed by atoms with Crippen LogP contribution in [0.1, 0.15) is 30.1 Å². The molecule has 2 heterocycles. The molecule has 3 aromatic rings. The highest BCUT2D eigenvalue weighted by Crippen LogP contribution is 2.13. The maximum atomic E-state index is 12.6. The Kier molecular flexibility index (Phi) is 5.25. The SMILES string of the molecule is CCCC(=O)Nc1ccc(C(=O)Cn2cnc3c2c(=O)n(C)c(=O)n3C)cc1. The van der Waals surface area contributed by atoms with Gasteiger partial charge in [-0.25, -0.2) is 9.78 Å². The van der Waals surface area contributed by atoms with Crippen molar-refractivity contribution in [2.75, 3.05) is 5.32 Å². The summed E-state index contributed by atoms with van der Waals surface area (Å²) in [6, 6.07) is 6.57. The van der Waals surface area contributed by atoms with Crippen LogP contribution in [0.3, 0.4) is 0 Å². The number of amides is 1. The summed E-state index contributed by atoms with van der Waals surface area (Å²) in [7, 11) is 2.91. The predicted molar refractivity (Wildman–Crippen MR) is 105 cm³/mol. The predicted octanol–water partition coefficient (Wildman–Crippen LogP) is 1.06. The Morgan fingerprint density at radius 2 is 1.75 bits per heavy atom. The summed E-state index contributed by atoms with van der Waals surface area (Å²) in [6.07, 6.45) is 2.57. The first kappa shape index (κ1) is 19.3. The molecule has 0 saturated carbocycles. The highest BCUT2D eigenvalue weighted by molar-refractivity contribution is 5.97. The van der Waals surface area contributed by atoms with Crippen LogP contribution in [0.4, 0.5) is 5.69 Å². The van der Waals surface area contributed by atoms with Crippen molar-refractivity contribution in [1.29, 1.82) is 0 Å². The topological polar surface area (TPSA) is 108 Å². The van der Waals surface area contributed by atoms with E-state index >= 15 is 0 Å². The van der Waals surface area contributed by atoms with Crippen molar-refractivity contribution in [2.45, 2.75) is 26.3 Å². The van der Waals surface area contributed by atoms with Crippen LogP contribution >= 0.6 is 0 Å². The van der Waals surface area contributed by atoms with Crippen molar-refractivity contribution in [2.24, 2.45) is 14.1 Å². The van der Waals surface area contributed by atoms with Crippen LogP contribution in [0.5, 0.6) is 0 Å². The standard InChI is InChI=1S/C19H21N5O4/c1-4-5-15(26)21-13-8-6-12(7-9-13)14(25)10-24-11-20-17-16(24)18(27)23(3)19(28)22(17)2/h6-9,11H,4-5,10H2,1-3H3,(H,21,26). The normalized spacial score (nSPS) is 11.0. The van der Waals surface area contributed by atoms with Gasteiger partial charge in [-0.2, -0.15) is 0 Å². The van der Waals surface area contributed by atoms with Gasteiger partial charge in [-0.05, 0) is 30.7 Å². The molecule has 0 saturated heterocycles. The largest absolute Gasteiger partial charge is 0.332 e. The van der Waals surface area contributed by atoms with Gasteiger partial charge in [-0.15, -0.1) is 0 Å². The van der Waals surface area contributed by atoms with Crippen LogP contribution in [0.2, 0.25) is 0 Å². The number of aryl methyl sites for hydroxylation is 1. The number of fused-ring (bicyclic) bond motifs is 1. The first-order chi connectivity index (χ1) is 13.3. The molecule has 146 valence electrons. The summed E-state index contributed by atoms with van der Waals surface area (Å²) < 4.78 is 3.70. The van der Waals surface area contributed by atoms with Gasteiger partial charge in [0.15, 0.2) is 16.9 Å². The molecule has 0 aliphatic heterocycles. The fourth-order valence-corrected chi connectivity index (χ4v) is 2.95. The third kappa shape index (κ3) is 3.51. The number of rotatable bonds is 6. The minimum absolute atomic E-state index is 0.0760. The molecule has 28 heavy (non-hydrogen) atoms. The minimum Gasteiger partial charge on any atom is -0.326 e. The zero-order valence-electron chi connectivity index (χ0n) is 15.9. The summed E-state index contributed by atoms with van der Waals surface area (Å²) in [6.45, 7) is 1.83. The second-order valence-corrected chi connectivity index (χ2v) is 6.55. The van der Waals surface area contributed by atoms with E-state index in [4.69, 9.17) is 0 Å². The number of anilines is 1. The second kappa shape index (κ2) is 7.63. The van der Waals surface area contributed by atoms with Gasteiger partial charge in [0.25, 0.3) is 5.56 Å². The first-order valence-electron chi connectivity index (χ1n) is 8.87. The van der Waals surface area contributed by atoms with Crippen molar-refractivity contribution in [1.82, 2.24) is 18.7 Å². The Hall–Kier alpha value is -3.49. The number of benzene rings is 1. The lowest BCUT2D eigenvalue weighted by Gasteiger charge is -2.08. The zero-order chi connectivity index (χ0) is 20.4. The number of carbonyl (C=O) groups is 2. The summed E-state index contributed by atoms with van der Waals surface area (Å²) in [5.41, 5.74) is 0.507. The zero-order valence-corrected chi connectivity index (χ0v) is 15.9. The Balaban J connectivity index is 1.85. The molecule has 1 N–H and O–H groups in total. The molecule has 0 atom stereocenters. The van der Waals surface area contributed by atoms with Crippen molar-refractivity contribution in [3.63, 3.8) is 0 Å². The molecule has 1 aromatic carbocycles. The van der Waals surface area contributed by atoms with Gasteiger partial charge in [0, 0.05) is 31.8 Å². The molecule has 0 aliphatic carbocycles. The Morgan fingerprint density at radius 3 is 2.39 bits per heavy atom. The van der Waals surface area contributed by atoms with Crippen LogP contribution in [0.15, 0.2) is 40.2 Å². The van der Waals surface area contributed by atoms with Gasteiger partial charge >= 0.3 is 5.69 Å². The van der Waals surface area contributed by atoms with E-state index in [0.717, 1.165) is 11.0 Å². The van der Waals surface area contributed by atoms with Crippen molar-refractivity contribution >= 4 is 28.5 Å². The Bertz CT molecular complexity index is 1170. The van der Waals surface area contributed by atoms with Crippen LogP contribution in [-0.2, 0) is 25.4 Å². The van der Waals surface area contributed by atoms with E-state index in [1.165, 1.54) is 29.6 Å². The first-order valence-corrected chi connectivity index (χ1v) is 8.87. The van der Waals surface area contributed by atoms with E-state index < -0.39 is 11.2 Å². The quantitative estimate of drug-likeness (QED) is 0.640. The summed E-state index contributed by atoms with van der Waals surface area (Å²) in [5.74, 6) is -0.297. The van der Waals surface area contributed by atoms with Gasteiger partial charge in [-0.3, -0.25) is 23.5 Å². The summed E-state index contributed by atoms with van der Waals surface area (Å²) in [4.78, 5) is 52.8. The van der Waals surface area contributed by atoms with Gasteiger partial charge < -0.3 is 9.88 Å². The molecular weight excluding hydrogens is 362 g/mol. The fraction of sp³-hybridized carbons (Fsp3) is 0.316. The highest BCUT2D eigenvalue weighted by Gasteiger charge is 2.16. The van der Waals surface area contributed by atoms with Gasteiger partial charge in [-0.1, -0.05) is 6.92 Å². The maximum absolute atomic E-state index is 12.6. The maximum Gasteiger partial charge on any atom is 0.332 e. The highest BCUT2D eigenvalue weighted by atomic mass is 16.2. The van der Waals surface area contributed by atoms with Crippen molar-refractivity contribution in [3.05, 3.63) is 57.0 Å². The number of hydrogen-bond acceptors (Lipinski definition) is 5. The lowest BCUT2D eigenvalue weighted by molar-refractivity contribution is -0.116. The number of imidazole rings is 1. The number of Topliss-reactive ketones (excluding diaryl/α,β-unsaturated/α-hetero) is 1. The van der Waals surface area contributed by atoms with Crippen LogP contribution in [0, 0.1) is 0 Å². The molecule has 9 heteroatoms. The van der Waals surface area contributed by atoms with Crippen LogP contribution in [-0.4, -0.2) is 30.4 Å². The molecular formula is C19H21N5O4. The monoisotopic (exact) mass is 383 g/mol. The summed E-state index contributed by atoms with van der Waals surface area (Å²) >= 11 is 0. The number of carbonyl (C=O) groups excluding carboxylic acids is 2. The summed E-state index contributed by atoms with van der Waals surface area (Å²) in [5, 5.41) is 2.76. The number of ketones is 1. The molecule has 0 radical (unpaired) electrons. The molecule has 3 rings (SSSR count). The molecule has 0 spiro atoms. The lowest BCUT2D eigenvalue weighted by Crippen LogP contribution is -2.37. The van der Waals surface area contributed by atoms with Crippen LogP contribution < -0.4 is 16.6 Å². The smallest absolute Gasteiger partial charge is 0.326 e. The molecule has 0 unspecified atom stereocenters. The molecule has 0 bridgehead atoms. The molecule has 9 nitrogen and oxygen atoms in total. The number of hydrogen-bond donors (Lipinski definition) is 1. The number of aromatic nitrogens is 4. The lowest BCUT2D eigenvalue weighted by atomic mass is 10.1. The van der Waals surface area contributed by atoms with Gasteiger partial charge in [0.2, 0.25) is 5.91 Å².